The number of hydrogen-bond acceptors (Lipinski definition) is 0. The van der Waals surface area contributed by atoms with E-state index in [1.165, 1.54) is 18.1 Å². The summed E-state index contributed by atoms with van der Waals surface area (Å²) in [7, 11) is 0.137. The Bertz CT molecular complexity index is 123. The quantitative estimate of drug-likeness (QED) is 0.423. The maximum absolute atomic E-state index is 2.99. The van der Waals surface area contributed by atoms with Gasteiger partial charge in [0.2, 0.25) is 0 Å². The fraction of sp³-hybridized carbons (Fsp3) is 0.438. The van der Waals surface area contributed by atoms with Gasteiger partial charge in [-0.15, -0.1) is 6.42 Å². The van der Waals surface area contributed by atoms with Gasteiger partial charge in [-0.2, -0.15) is 6.08 Å². The summed E-state index contributed by atoms with van der Waals surface area (Å²) in [6, 6.07) is 4.37. The molecule has 0 aliphatic heterocycles. The first-order chi connectivity index (χ1) is 5.85. The van der Waals surface area contributed by atoms with Crippen LogP contribution in [0, 0.1) is 43.2 Å². The Labute approximate surface area is 135 Å². The molecule has 0 amide bonds. The van der Waals surface area contributed by atoms with E-state index in [2.05, 4.69) is 32.9 Å². The second-order valence-corrected chi connectivity index (χ2v) is 6.44. The summed E-state index contributed by atoms with van der Waals surface area (Å²) in [5.74, 6) is 0. The molecule has 18 heavy (non-hydrogen) atoms. The molecule has 0 aromatic heterocycles. The molecule has 1 aliphatic carbocycles. The van der Waals surface area contributed by atoms with E-state index in [0.29, 0.717) is 0 Å². The van der Waals surface area contributed by atoms with Crippen molar-refractivity contribution in [2.24, 2.45) is 0 Å². The fourth-order valence-electron chi connectivity index (χ4n) is 1.09. The average molecular weight is 358 g/mol. The predicted octanol–water partition coefficient (Wildman–Crippen LogP) is 6.10. The van der Waals surface area contributed by atoms with Crippen LogP contribution in [0.4, 0.5) is 0 Å². The van der Waals surface area contributed by atoms with Crippen LogP contribution in [0.1, 0.15) is 27.2 Å². The summed E-state index contributed by atoms with van der Waals surface area (Å²) in [6.45, 7) is 6.92. The van der Waals surface area contributed by atoms with Crippen LogP contribution in [0.25, 0.3) is 0 Å². The monoisotopic (exact) mass is 358 g/mol. The van der Waals surface area contributed by atoms with Crippen molar-refractivity contribution in [1.82, 2.24) is 0 Å². The van der Waals surface area contributed by atoms with Crippen LogP contribution in [-0.4, -0.2) is 8.80 Å². The van der Waals surface area contributed by atoms with Gasteiger partial charge in [-0.05, 0) is 0 Å². The minimum absolute atomic E-state index is 0. The molecule has 0 bridgehead atoms. The number of allylic oxidation sites excluding steroid dienone is 4. The van der Waals surface area contributed by atoms with Gasteiger partial charge in [0.05, 0.1) is 0 Å². The first-order valence-corrected chi connectivity index (χ1v) is 7.02. The molecule has 0 spiro atoms. The van der Waals surface area contributed by atoms with E-state index in [4.69, 9.17) is 0 Å². The van der Waals surface area contributed by atoms with Crippen LogP contribution in [0.3, 0.4) is 0 Å². The van der Waals surface area contributed by atoms with Gasteiger partial charge < -0.3 is 37.1 Å². The zero-order valence-electron chi connectivity index (χ0n) is 13.9. The molecule has 118 valence electrons. The van der Waals surface area contributed by atoms with Crippen molar-refractivity contribution in [3.63, 3.8) is 0 Å². The third-order valence-electron chi connectivity index (χ3n) is 2.09. The van der Waals surface area contributed by atoms with E-state index in [-0.39, 0.29) is 65.4 Å². The number of hydrogen-bond donors (Lipinski definition) is 0. The van der Waals surface area contributed by atoms with E-state index in [9.17, 15) is 0 Å². The summed E-state index contributed by atoms with van der Waals surface area (Å²) in [5.41, 5.74) is 0. The average Bonchev–Trinajstić information content (AvgIpc) is 2.64. The first kappa shape index (κ1) is 42.9. The van der Waals surface area contributed by atoms with E-state index in [0.717, 1.165) is 6.42 Å². The SMILES string of the molecule is CC[Si](CC)CC.[C-]1=CC=CC1.[CH3-].[CH3-].[CH3-].[CH3-].[CH3-].[Rh]. The largest absolute Gasteiger partial charge is 0.358 e. The molecule has 0 atom stereocenters. The van der Waals surface area contributed by atoms with E-state index in [1.807, 2.05) is 12.2 Å². The molecule has 1 rings (SSSR count). The van der Waals surface area contributed by atoms with Crippen molar-refractivity contribution < 1.29 is 19.5 Å². The molecule has 0 saturated carbocycles. The van der Waals surface area contributed by atoms with Crippen molar-refractivity contribution in [3.8, 4) is 0 Å². The van der Waals surface area contributed by atoms with Crippen molar-refractivity contribution in [1.29, 1.82) is 0 Å². The standard InChI is InChI=1S/C6H15Si.C5H5.5CH3.Rh/c1-4-7(5-2)6-3;1-2-4-5-3-1;;;;;;/h4-6H2,1-3H3;1-3H,4H2;5*1H3;/q;6*-1;. The van der Waals surface area contributed by atoms with E-state index >= 15 is 0 Å². The molecule has 0 nitrogen and oxygen atoms in total. The molecular formula is C16H35RhSi-6. The molecule has 0 heterocycles. The topological polar surface area (TPSA) is 0 Å². The minimum atomic E-state index is 0. The molecule has 0 aromatic rings. The predicted molar refractivity (Wildman–Crippen MR) is 90.8 cm³/mol. The zero-order valence-corrected chi connectivity index (χ0v) is 16.5. The van der Waals surface area contributed by atoms with Crippen molar-refractivity contribution in [2.75, 3.05) is 0 Å². The minimum Gasteiger partial charge on any atom is -0.358 e. The van der Waals surface area contributed by atoms with Crippen LogP contribution in [-0.2, 0) is 19.5 Å². The zero-order chi connectivity index (χ0) is 9.23. The van der Waals surface area contributed by atoms with Crippen LogP contribution in [0.15, 0.2) is 18.2 Å². The molecule has 0 unspecified atom stereocenters. The molecule has 2 heteroatoms. The molecule has 0 N–H and O–H groups in total. The van der Waals surface area contributed by atoms with Crippen LogP contribution < -0.4 is 0 Å². The first-order valence-electron chi connectivity index (χ1n) is 4.90. The molecule has 0 saturated heterocycles. The molecule has 2 radical (unpaired) electrons. The summed E-state index contributed by atoms with van der Waals surface area (Å²) < 4.78 is 0. The Balaban J connectivity index is -0.0000000205. The summed E-state index contributed by atoms with van der Waals surface area (Å²) in [4.78, 5) is 0. The van der Waals surface area contributed by atoms with Gasteiger partial charge in [-0.25, -0.2) is 12.2 Å². The maximum atomic E-state index is 2.99. The van der Waals surface area contributed by atoms with Crippen LogP contribution in [0.5, 0.6) is 0 Å². The van der Waals surface area contributed by atoms with Gasteiger partial charge in [0.1, 0.15) is 0 Å². The Hall–Kier alpha value is 0.320. The Morgan fingerprint density at radius 3 is 1.33 bits per heavy atom. The van der Waals surface area contributed by atoms with Crippen molar-refractivity contribution in [2.45, 2.75) is 45.3 Å². The van der Waals surface area contributed by atoms with Gasteiger partial charge in [0.25, 0.3) is 0 Å². The Morgan fingerprint density at radius 2 is 1.28 bits per heavy atom. The normalized spacial score (nSPS) is 8.89. The Morgan fingerprint density at radius 1 is 0.889 bits per heavy atom. The van der Waals surface area contributed by atoms with Crippen LogP contribution in [0.2, 0.25) is 18.1 Å². The van der Waals surface area contributed by atoms with Gasteiger partial charge in [0.15, 0.2) is 0 Å². The second kappa shape index (κ2) is 36.0. The smallest absolute Gasteiger partial charge is 0.0470 e. The van der Waals surface area contributed by atoms with Gasteiger partial charge >= 0.3 is 0 Å². The van der Waals surface area contributed by atoms with Gasteiger partial charge in [-0.1, -0.05) is 38.9 Å². The third-order valence-corrected chi connectivity index (χ3v) is 5.09. The second-order valence-electron chi connectivity index (χ2n) is 2.81. The summed E-state index contributed by atoms with van der Waals surface area (Å²) >= 11 is 0. The van der Waals surface area contributed by atoms with E-state index in [1.54, 1.807) is 0 Å². The van der Waals surface area contributed by atoms with Crippen molar-refractivity contribution >= 4 is 8.80 Å². The van der Waals surface area contributed by atoms with E-state index < -0.39 is 0 Å². The van der Waals surface area contributed by atoms with Gasteiger partial charge in [0, 0.05) is 28.3 Å². The Kier molecular flexibility index (Phi) is 85.8. The van der Waals surface area contributed by atoms with Gasteiger partial charge in [-0.3, -0.25) is 6.08 Å². The number of rotatable bonds is 3. The molecular weight excluding hydrogens is 323 g/mol. The maximum Gasteiger partial charge on any atom is 0.0470 e. The van der Waals surface area contributed by atoms with Crippen molar-refractivity contribution in [3.05, 3.63) is 61.4 Å². The molecule has 0 aromatic carbocycles. The van der Waals surface area contributed by atoms with Crippen LogP contribution >= 0.6 is 0 Å². The fourth-order valence-corrected chi connectivity index (χ4v) is 2.59. The molecule has 0 fully saturated rings. The molecule has 1 aliphatic rings. The summed E-state index contributed by atoms with van der Waals surface area (Å²) in [6.07, 6.45) is 10.0. The third kappa shape index (κ3) is 29.9. The summed E-state index contributed by atoms with van der Waals surface area (Å²) in [5, 5.41) is 0.